The van der Waals surface area contributed by atoms with Gasteiger partial charge in [-0.25, -0.2) is 0 Å². The fraction of sp³-hybridized carbons (Fsp3) is 0.250. The number of methoxy groups -OCH3 is 1. The highest BCUT2D eigenvalue weighted by Crippen LogP contribution is 2.33. The third-order valence-corrected chi connectivity index (χ3v) is 3.87. The van der Waals surface area contributed by atoms with E-state index in [0.717, 1.165) is 15.6 Å². The summed E-state index contributed by atoms with van der Waals surface area (Å²) >= 11 is 3.51. The molecule has 0 bridgehead atoms. The molecule has 0 aromatic heterocycles. The first-order chi connectivity index (χ1) is 10.2. The summed E-state index contributed by atoms with van der Waals surface area (Å²) in [4.78, 5) is 0. The van der Waals surface area contributed by atoms with Gasteiger partial charge in [-0.15, -0.1) is 0 Å². The van der Waals surface area contributed by atoms with Crippen molar-refractivity contribution in [3.63, 3.8) is 0 Å². The van der Waals surface area contributed by atoms with Gasteiger partial charge in [0, 0.05) is 16.6 Å². The van der Waals surface area contributed by atoms with E-state index >= 15 is 0 Å². The van der Waals surface area contributed by atoms with Gasteiger partial charge in [0.05, 0.1) is 13.7 Å². The molecular weight excluding hydrogens is 334 g/mol. The summed E-state index contributed by atoms with van der Waals surface area (Å²) in [7, 11) is 1.57. The van der Waals surface area contributed by atoms with E-state index in [1.165, 1.54) is 0 Å². The summed E-state index contributed by atoms with van der Waals surface area (Å²) in [5, 5.41) is 9.17. The zero-order chi connectivity index (χ0) is 15.2. The molecular formula is C16H18BrNO3. The third-order valence-electron chi connectivity index (χ3n) is 3.15. The smallest absolute Gasteiger partial charge is 0.162 e. The maximum Gasteiger partial charge on any atom is 0.162 e. The van der Waals surface area contributed by atoms with E-state index in [-0.39, 0.29) is 12.7 Å². The summed E-state index contributed by atoms with van der Waals surface area (Å²) in [6, 6.07) is 13.1. The Morgan fingerprint density at radius 1 is 1.19 bits per heavy atom. The van der Waals surface area contributed by atoms with E-state index in [0.29, 0.717) is 18.0 Å². The minimum atomic E-state index is -0.283. The number of aliphatic hydroxyl groups is 1. The van der Waals surface area contributed by atoms with Gasteiger partial charge in [0.25, 0.3) is 0 Å². The Hall–Kier alpha value is -1.56. The van der Waals surface area contributed by atoms with Gasteiger partial charge in [-0.1, -0.05) is 40.2 Å². The molecule has 1 atom stereocenters. The summed E-state index contributed by atoms with van der Waals surface area (Å²) in [5.74, 6) is 1.17. The number of hydrogen-bond donors (Lipinski definition) is 2. The SMILES string of the molecule is COc1cc(CO)ccc1OC(CN)c1ccccc1Br. The quantitative estimate of drug-likeness (QED) is 0.839. The molecule has 0 saturated carbocycles. The molecule has 0 spiro atoms. The second kappa shape index (κ2) is 7.45. The lowest BCUT2D eigenvalue weighted by Crippen LogP contribution is -2.19. The van der Waals surface area contributed by atoms with Crippen LogP contribution in [0.25, 0.3) is 0 Å². The number of nitrogens with two attached hydrogens (primary N) is 1. The fourth-order valence-corrected chi connectivity index (χ4v) is 2.58. The van der Waals surface area contributed by atoms with Gasteiger partial charge in [-0.3, -0.25) is 0 Å². The standard InChI is InChI=1S/C16H18BrNO3/c1-20-15-8-11(10-19)6-7-14(15)21-16(9-18)12-4-2-3-5-13(12)17/h2-8,16,19H,9-10,18H2,1H3. The molecule has 2 aromatic carbocycles. The molecule has 1 unspecified atom stereocenters. The lowest BCUT2D eigenvalue weighted by atomic mass is 10.1. The molecule has 0 aliphatic carbocycles. The summed E-state index contributed by atoms with van der Waals surface area (Å²) in [5.41, 5.74) is 7.59. The minimum absolute atomic E-state index is 0.0405. The van der Waals surface area contributed by atoms with Crippen LogP contribution in [0, 0.1) is 0 Å². The second-order valence-electron chi connectivity index (χ2n) is 4.51. The van der Waals surface area contributed by atoms with Crippen LogP contribution in [-0.2, 0) is 6.61 Å². The van der Waals surface area contributed by atoms with Gasteiger partial charge < -0.3 is 20.3 Å². The maximum absolute atomic E-state index is 9.17. The molecule has 0 radical (unpaired) electrons. The van der Waals surface area contributed by atoms with Crippen LogP contribution < -0.4 is 15.2 Å². The predicted molar refractivity (Wildman–Crippen MR) is 85.5 cm³/mol. The Morgan fingerprint density at radius 3 is 2.57 bits per heavy atom. The normalized spacial score (nSPS) is 12.0. The van der Waals surface area contributed by atoms with E-state index in [1.807, 2.05) is 24.3 Å². The Morgan fingerprint density at radius 2 is 1.95 bits per heavy atom. The topological polar surface area (TPSA) is 64.7 Å². The third kappa shape index (κ3) is 3.75. The molecule has 2 aromatic rings. The van der Waals surface area contributed by atoms with Crippen molar-refractivity contribution in [3.8, 4) is 11.5 Å². The minimum Gasteiger partial charge on any atom is -0.493 e. The van der Waals surface area contributed by atoms with E-state index in [1.54, 1.807) is 25.3 Å². The highest BCUT2D eigenvalue weighted by atomic mass is 79.9. The van der Waals surface area contributed by atoms with Crippen molar-refractivity contribution in [2.45, 2.75) is 12.7 Å². The largest absolute Gasteiger partial charge is 0.493 e. The molecule has 0 fully saturated rings. The number of halogens is 1. The Balaban J connectivity index is 2.29. The van der Waals surface area contributed by atoms with Crippen molar-refractivity contribution in [3.05, 3.63) is 58.1 Å². The molecule has 0 amide bonds. The van der Waals surface area contributed by atoms with Crippen LogP contribution in [-0.4, -0.2) is 18.8 Å². The number of rotatable bonds is 6. The van der Waals surface area contributed by atoms with Crippen LogP contribution in [0.4, 0.5) is 0 Å². The fourth-order valence-electron chi connectivity index (χ4n) is 2.04. The summed E-state index contributed by atoms with van der Waals surface area (Å²) in [6.45, 7) is 0.300. The van der Waals surface area contributed by atoms with Gasteiger partial charge in [0.1, 0.15) is 6.10 Å². The van der Waals surface area contributed by atoms with Crippen LogP contribution in [0.5, 0.6) is 11.5 Å². The first-order valence-corrected chi connectivity index (χ1v) is 7.37. The van der Waals surface area contributed by atoms with Crippen LogP contribution in [0.3, 0.4) is 0 Å². The number of hydrogen-bond acceptors (Lipinski definition) is 4. The molecule has 21 heavy (non-hydrogen) atoms. The molecule has 0 aliphatic heterocycles. The Kier molecular flexibility index (Phi) is 5.61. The monoisotopic (exact) mass is 351 g/mol. The molecule has 3 N–H and O–H groups in total. The number of ether oxygens (including phenoxy) is 2. The Bertz CT molecular complexity index is 604. The van der Waals surface area contributed by atoms with Gasteiger partial charge >= 0.3 is 0 Å². The van der Waals surface area contributed by atoms with Crippen LogP contribution in [0.1, 0.15) is 17.2 Å². The molecule has 112 valence electrons. The van der Waals surface area contributed by atoms with E-state index in [4.69, 9.17) is 20.3 Å². The van der Waals surface area contributed by atoms with E-state index in [9.17, 15) is 0 Å². The van der Waals surface area contributed by atoms with Crippen molar-refractivity contribution in [2.24, 2.45) is 5.73 Å². The van der Waals surface area contributed by atoms with Gasteiger partial charge in [-0.2, -0.15) is 0 Å². The lowest BCUT2D eigenvalue weighted by molar-refractivity contribution is 0.203. The van der Waals surface area contributed by atoms with Crippen LogP contribution in [0.15, 0.2) is 46.9 Å². The lowest BCUT2D eigenvalue weighted by Gasteiger charge is -2.21. The molecule has 0 saturated heterocycles. The van der Waals surface area contributed by atoms with E-state index < -0.39 is 0 Å². The average molecular weight is 352 g/mol. The van der Waals surface area contributed by atoms with Gasteiger partial charge in [0.2, 0.25) is 0 Å². The van der Waals surface area contributed by atoms with Crippen molar-refractivity contribution >= 4 is 15.9 Å². The van der Waals surface area contributed by atoms with Gasteiger partial charge in [-0.05, 0) is 23.8 Å². The Labute approximate surface area is 132 Å². The number of aliphatic hydroxyl groups excluding tert-OH is 1. The van der Waals surface area contributed by atoms with Gasteiger partial charge in [0.15, 0.2) is 11.5 Å². The first-order valence-electron chi connectivity index (χ1n) is 6.58. The van der Waals surface area contributed by atoms with Crippen molar-refractivity contribution in [1.29, 1.82) is 0 Å². The maximum atomic E-state index is 9.17. The summed E-state index contributed by atoms with van der Waals surface area (Å²) in [6.07, 6.45) is -0.283. The molecule has 5 heteroatoms. The molecule has 0 heterocycles. The average Bonchev–Trinajstić information content (AvgIpc) is 2.53. The zero-order valence-corrected chi connectivity index (χ0v) is 13.3. The van der Waals surface area contributed by atoms with Crippen molar-refractivity contribution in [2.75, 3.05) is 13.7 Å². The molecule has 4 nitrogen and oxygen atoms in total. The van der Waals surface area contributed by atoms with E-state index in [2.05, 4.69) is 15.9 Å². The molecule has 2 rings (SSSR count). The number of benzene rings is 2. The zero-order valence-electron chi connectivity index (χ0n) is 11.8. The summed E-state index contributed by atoms with van der Waals surface area (Å²) < 4.78 is 12.3. The highest BCUT2D eigenvalue weighted by molar-refractivity contribution is 9.10. The van der Waals surface area contributed by atoms with Crippen LogP contribution in [0.2, 0.25) is 0 Å². The second-order valence-corrected chi connectivity index (χ2v) is 5.36. The first kappa shape index (κ1) is 15.8. The van der Waals surface area contributed by atoms with Crippen molar-refractivity contribution in [1.82, 2.24) is 0 Å². The van der Waals surface area contributed by atoms with Crippen molar-refractivity contribution < 1.29 is 14.6 Å². The predicted octanol–water partition coefficient (Wildman–Crippen LogP) is 3.03. The highest BCUT2D eigenvalue weighted by Gasteiger charge is 2.16. The van der Waals surface area contributed by atoms with Crippen LogP contribution >= 0.6 is 15.9 Å². The molecule has 0 aliphatic rings.